The van der Waals surface area contributed by atoms with Crippen LogP contribution in [0.5, 0.6) is 0 Å². The minimum atomic E-state index is 0.742. The van der Waals surface area contributed by atoms with Crippen molar-refractivity contribution in [2.75, 3.05) is 23.8 Å². The lowest BCUT2D eigenvalue weighted by Gasteiger charge is -2.21. The first-order valence-corrected chi connectivity index (χ1v) is 7.98. The largest absolute Gasteiger partial charge is 0.312 e. The van der Waals surface area contributed by atoms with Crippen LogP contribution in [0, 0.1) is 11.3 Å². The van der Waals surface area contributed by atoms with Crippen LogP contribution >= 0.6 is 23.5 Å². The molecule has 4 heteroatoms. The summed E-state index contributed by atoms with van der Waals surface area (Å²) in [5.74, 6) is 3.84. The molecule has 0 saturated carbocycles. The molecule has 1 unspecified atom stereocenters. The van der Waals surface area contributed by atoms with E-state index in [2.05, 4.69) is 41.0 Å². The molecule has 0 spiro atoms. The minimum Gasteiger partial charge on any atom is -0.312 e. The highest BCUT2D eigenvalue weighted by Crippen LogP contribution is 2.23. The molecular weight excluding hydrogens is 248 g/mol. The van der Waals surface area contributed by atoms with Gasteiger partial charge in [0.25, 0.3) is 0 Å². The molecule has 2 rings (SSSR count). The van der Waals surface area contributed by atoms with Gasteiger partial charge >= 0.3 is 0 Å². The standard InChI is InChI=1S/C13H16N2S2/c14-7-11-2-1-3-12(6-11)8-15-9-13-10-16-4-5-17-13/h1-3,6,13,15H,4-5,8-10H2. The van der Waals surface area contributed by atoms with Crippen molar-refractivity contribution in [2.45, 2.75) is 11.8 Å². The van der Waals surface area contributed by atoms with Gasteiger partial charge in [0, 0.05) is 35.6 Å². The van der Waals surface area contributed by atoms with E-state index in [4.69, 9.17) is 5.26 Å². The van der Waals surface area contributed by atoms with E-state index in [0.717, 1.165) is 23.9 Å². The third-order valence-electron chi connectivity index (χ3n) is 2.64. The lowest BCUT2D eigenvalue weighted by Crippen LogP contribution is -2.28. The van der Waals surface area contributed by atoms with Crippen LogP contribution in [0.15, 0.2) is 24.3 Å². The molecule has 0 radical (unpaired) electrons. The fraction of sp³-hybridized carbons (Fsp3) is 0.462. The van der Waals surface area contributed by atoms with Crippen molar-refractivity contribution < 1.29 is 0 Å². The molecule has 1 aromatic rings. The lowest BCUT2D eigenvalue weighted by molar-refractivity contribution is 0.686. The molecule has 1 heterocycles. The molecule has 1 atom stereocenters. The number of hydrogen-bond donors (Lipinski definition) is 1. The third-order valence-corrected chi connectivity index (χ3v) is 5.49. The molecule has 0 amide bonds. The first-order valence-electron chi connectivity index (χ1n) is 5.77. The van der Waals surface area contributed by atoms with Crippen molar-refractivity contribution in [3.8, 4) is 6.07 Å². The zero-order chi connectivity index (χ0) is 11.9. The molecule has 1 aliphatic heterocycles. The lowest BCUT2D eigenvalue weighted by atomic mass is 10.1. The second-order valence-electron chi connectivity index (χ2n) is 4.01. The van der Waals surface area contributed by atoms with Crippen LogP contribution in [0.1, 0.15) is 11.1 Å². The van der Waals surface area contributed by atoms with Crippen molar-refractivity contribution in [2.24, 2.45) is 0 Å². The van der Waals surface area contributed by atoms with Crippen LogP contribution in [-0.2, 0) is 6.54 Å². The molecule has 1 fully saturated rings. The highest BCUT2D eigenvalue weighted by atomic mass is 32.2. The fourth-order valence-electron chi connectivity index (χ4n) is 1.78. The van der Waals surface area contributed by atoms with Gasteiger partial charge in [-0.2, -0.15) is 28.8 Å². The number of rotatable bonds is 4. The summed E-state index contributed by atoms with van der Waals surface area (Å²) in [6.45, 7) is 1.92. The summed E-state index contributed by atoms with van der Waals surface area (Å²) in [5.41, 5.74) is 1.93. The number of nitriles is 1. The molecule has 1 aliphatic rings. The van der Waals surface area contributed by atoms with E-state index in [9.17, 15) is 0 Å². The summed E-state index contributed by atoms with van der Waals surface area (Å²) >= 11 is 4.12. The number of thioether (sulfide) groups is 2. The van der Waals surface area contributed by atoms with Crippen molar-refractivity contribution in [3.05, 3.63) is 35.4 Å². The number of nitrogens with one attached hydrogen (secondary N) is 1. The van der Waals surface area contributed by atoms with E-state index >= 15 is 0 Å². The van der Waals surface area contributed by atoms with E-state index in [1.807, 2.05) is 18.2 Å². The van der Waals surface area contributed by atoms with Gasteiger partial charge in [-0.15, -0.1) is 0 Å². The van der Waals surface area contributed by atoms with Crippen LogP contribution in [0.2, 0.25) is 0 Å². The van der Waals surface area contributed by atoms with Gasteiger partial charge in [0.05, 0.1) is 11.6 Å². The second kappa shape index (κ2) is 6.95. The van der Waals surface area contributed by atoms with Gasteiger partial charge in [-0.25, -0.2) is 0 Å². The summed E-state index contributed by atoms with van der Waals surface area (Å²) in [6, 6.07) is 9.98. The zero-order valence-electron chi connectivity index (χ0n) is 9.69. The number of nitrogens with zero attached hydrogens (tertiary/aromatic N) is 1. The van der Waals surface area contributed by atoms with E-state index in [1.54, 1.807) is 0 Å². The Morgan fingerprint density at radius 1 is 1.41 bits per heavy atom. The smallest absolute Gasteiger partial charge is 0.0991 e. The van der Waals surface area contributed by atoms with Crippen molar-refractivity contribution in [1.29, 1.82) is 5.26 Å². The average molecular weight is 264 g/mol. The topological polar surface area (TPSA) is 35.8 Å². The van der Waals surface area contributed by atoms with Gasteiger partial charge in [-0.3, -0.25) is 0 Å². The fourth-order valence-corrected chi connectivity index (χ4v) is 4.43. The van der Waals surface area contributed by atoms with Gasteiger partial charge in [0.2, 0.25) is 0 Å². The van der Waals surface area contributed by atoms with Crippen molar-refractivity contribution in [1.82, 2.24) is 5.32 Å². The Labute approximate surface area is 111 Å². The van der Waals surface area contributed by atoms with E-state index in [0.29, 0.717) is 0 Å². The van der Waals surface area contributed by atoms with Gasteiger partial charge in [0.1, 0.15) is 0 Å². The molecule has 0 bridgehead atoms. The predicted octanol–water partition coefficient (Wildman–Crippen LogP) is 2.50. The molecule has 2 nitrogen and oxygen atoms in total. The van der Waals surface area contributed by atoms with E-state index in [1.165, 1.54) is 22.8 Å². The van der Waals surface area contributed by atoms with E-state index in [-0.39, 0.29) is 0 Å². The highest BCUT2D eigenvalue weighted by Gasteiger charge is 2.13. The minimum absolute atomic E-state index is 0.742. The normalized spacial score (nSPS) is 19.8. The van der Waals surface area contributed by atoms with E-state index < -0.39 is 0 Å². The molecule has 0 aliphatic carbocycles. The Bertz CT molecular complexity index is 395. The van der Waals surface area contributed by atoms with Crippen LogP contribution in [0.3, 0.4) is 0 Å². The Morgan fingerprint density at radius 2 is 2.35 bits per heavy atom. The van der Waals surface area contributed by atoms with Crippen LogP contribution in [-0.4, -0.2) is 29.1 Å². The summed E-state index contributed by atoms with van der Waals surface area (Å²) < 4.78 is 0. The van der Waals surface area contributed by atoms with Gasteiger partial charge in [-0.05, 0) is 17.7 Å². The van der Waals surface area contributed by atoms with Crippen molar-refractivity contribution in [3.63, 3.8) is 0 Å². The molecule has 90 valence electrons. The molecule has 1 aromatic carbocycles. The molecular formula is C13H16N2S2. The quantitative estimate of drug-likeness (QED) is 0.906. The summed E-state index contributed by atoms with van der Waals surface area (Å²) in [6.07, 6.45) is 0. The van der Waals surface area contributed by atoms with Crippen molar-refractivity contribution >= 4 is 23.5 Å². The predicted molar refractivity (Wildman–Crippen MR) is 76.4 cm³/mol. The Balaban J connectivity index is 1.75. The summed E-state index contributed by atoms with van der Waals surface area (Å²) in [4.78, 5) is 0. The first kappa shape index (κ1) is 12.8. The molecule has 0 aromatic heterocycles. The Morgan fingerprint density at radius 3 is 3.12 bits per heavy atom. The Hall–Kier alpha value is -0.630. The maximum absolute atomic E-state index is 8.81. The Kier molecular flexibility index (Phi) is 5.24. The first-order chi connectivity index (χ1) is 8.38. The molecule has 1 saturated heterocycles. The maximum atomic E-state index is 8.81. The van der Waals surface area contributed by atoms with Crippen LogP contribution in [0.4, 0.5) is 0 Å². The second-order valence-corrected chi connectivity index (χ2v) is 6.57. The van der Waals surface area contributed by atoms with Crippen LogP contribution in [0.25, 0.3) is 0 Å². The number of benzene rings is 1. The van der Waals surface area contributed by atoms with Crippen LogP contribution < -0.4 is 5.32 Å². The van der Waals surface area contributed by atoms with Gasteiger partial charge in [0.15, 0.2) is 0 Å². The monoisotopic (exact) mass is 264 g/mol. The highest BCUT2D eigenvalue weighted by molar-refractivity contribution is 8.06. The third kappa shape index (κ3) is 4.27. The molecule has 17 heavy (non-hydrogen) atoms. The van der Waals surface area contributed by atoms with Gasteiger partial charge in [-0.1, -0.05) is 12.1 Å². The summed E-state index contributed by atoms with van der Waals surface area (Å²) in [5, 5.41) is 13.0. The average Bonchev–Trinajstić information content (AvgIpc) is 2.40. The SMILES string of the molecule is N#Cc1cccc(CNCC2CSCCS2)c1. The molecule has 1 N–H and O–H groups in total. The summed E-state index contributed by atoms with van der Waals surface area (Å²) in [7, 11) is 0. The van der Waals surface area contributed by atoms with Gasteiger partial charge < -0.3 is 5.32 Å². The number of hydrogen-bond acceptors (Lipinski definition) is 4. The zero-order valence-corrected chi connectivity index (χ0v) is 11.3. The maximum Gasteiger partial charge on any atom is 0.0991 e.